The van der Waals surface area contributed by atoms with E-state index in [0.29, 0.717) is 27.2 Å². The third-order valence-corrected chi connectivity index (χ3v) is 5.20. The third kappa shape index (κ3) is 4.62. The minimum atomic E-state index is -3.03. The number of rotatable bonds is 6. The number of urea groups is 1. The summed E-state index contributed by atoms with van der Waals surface area (Å²) in [7, 11) is -3.03. The predicted molar refractivity (Wildman–Crippen MR) is 101 cm³/mol. The van der Waals surface area contributed by atoms with Crippen molar-refractivity contribution in [1.29, 1.82) is 0 Å². The summed E-state index contributed by atoms with van der Waals surface area (Å²) in [6, 6.07) is 9.35. The maximum atomic E-state index is 11.6. The number of amides is 3. The van der Waals surface area contributed by atoms with Gasteiger partial charge in [-0.2, -0.15) is 0 Å². The lowest BCUT2D eigenvalue weighted by atomic mass is 10.2. The molecule has 1 saturated heterocycles. The summed E-state index contributed by atoms with van der Waals surface area (Å²) in [5, 5.41) is 5.16. The first-order valence-corrected chi connectivity index (χ1v) is 9.48. The predicted octanol–water partition coefficient (Wildman–Crippen LogP) is 2.33. The van der Waals surface area contributed by atoms with Crippen LogP contribution in [-0.2, 0) is 15.7 Å². The van der Waals surface area contributed by atoms with Crippen molar-refractivity contribution in [3.8, 4) is 11.5 Å². The van der Waals surface area contributed by atoms with Gasteiger partial charge < -0.3 is 10.1 Å². The van der Waals surface area contributed by atoms with Gasteiger partial charge in [0.25, 0.3) is 5.91 Å². The van der Waals surface area contributed by atoms with Gasteiger partial charge in [0.2, 0.25) is 10.9 Å². The van der Waals surface area contributed by atoms with Gasteiger partial charge >= 0.3 is 6.03 Å². The van der Waals surface area contributed by atoms with E-state index in [0.717, 1.165) is 4.31 Å². The normalized spacial score (nSPS) is 16.2. The number of hydrogen-bond donors (Lipinski definition) is 3. The number of carbonyl (C=O) groups excluding carboxylic acids is 2. The van der Waals surface area contributed by atoms with Crippen LogP contribution in [0, 0.1) is 0 Å². The van der Waals surface area contributed by atoms with Crippen LogP contribution in [-0.4, -0.2) is 32.9 Å². The molecule has 11 heteroatoms. The van der Waals surface area contributed by atoms with Crippen molar-refractivity contribution >= 4 is 51.7 Å². The maximum Gasteiger partial charge on any atom is 0.322 e. The van der Waals surface area contributed by atoms with Gasteiger partial charge in [0.15, 0.2) is 0 Å². The van der Waals surface area contributed by atoms with E-state index in [1.54, 1.807) is 30.3 Å². The van der Waals surface area contributed by atoms with Gasteiger partial charge in [0, 0.05) is 6.07 Å². The van der Waals surface area contributed by atoms with Crippen molar-refractivity contribution in [2.24, 2.45) is 0 Å². The molecule has 1 heterocycles. The van der Waals surface area contributed by atoms with E-state index in [1.165, 1.54) is 12.1 Å². The van der Waals surface area contributed by atoms with Crippen LogP contribution in [0.3, 0.4) is 0 Å². The fraction of sp³-hybridized carbons (Fsp3) is 0.125. The third-order valence-electron chi connectivity index (χ3n) is 3.67. The van der Waals surface area contributed by atoms with Gasteiger partial charge in [-0.25, -0.2) is 13.2 Å². The van der Waals surface area contributed by atoms with Crippen LogP contribution < -0.4 is 19.7 Å². The van der Waals surface area contributed by atoms with Crippen LogP contribution >= 0.6 is 23.2 Å². The Morgan fingerprint density at radius 3 is 2.22 bits per heavy atom. The zero-order chi connectivity index (χ0) is 19.6. The minimum absolute atomic E-state index is 0.219. The van der Waals surface area contributed by atoms with Crippen LogP contribution in [0.1, 0.15) is 0 Å². The summed E-state index contributed by atoms with van der Waals surface area (Å²) >= 11 is 11.8. The highest BCUT2D eigenvalue weighted by Gasteiger charge is 2.31. The standard InChI is InChI=1S/C16H13Cl2N3O5S/c17-12-6-5-11(7-13(12)18)26-10-3-1-9(2-4-10)21(27(24)25)8-14-15(22)20-16(23)19-14/h1-7,14,27H,8H2,(H2,19,20,22,23)/t14-/m0/s1. The lowest BCUT2D eigenvalue weighted by molar-refractivity contribution is -0.119. The molecule has 2 aromatic carbocycles. The molecular formula is C16H13Cl2N3O5S. The molecule has 0 radical (unpaired) electrons. The van der Waals surface area contributed by atoms with E-state index in [-0.39, 0.29) is 6.54 Å². The monoisotopic (exact) mass is 429 g/mol. The first kappa shape index (κ1) is 19.3. The summed E-state index contributed by atoms with van der Waals surface area (Å²) < 4.78 is 29.8. The average molecular weight is 430 g/mol. The smallest absolute Gasteiger partial charge is 0.322 e. The molecule has 8 nitrogen and oxygen atoms in total. The number of thiol groups is 1. The second-order valence-electron chi connectivity index (χ2n) is 5.51. The fourth-order valence-electron chi connectivity index (χ4n) is 2.39. The average Bonchev–Trinajstić information content (AvgIpc) is 2.94. The lowest BCUT2D eigenvalue weighted by Crippen LogP contribution is -2.41. The molecule has 3 amide bonds. The fourth-order valence-corrected chi connectivity index (χ4v) is 3.30. The van der Waals surface area contributed by atoms with E-state index in [4.69, 9.17) is 27.9 Å². The number of anilines is 1. The molecule has 0 saturated carbocycles. The molecule has 1 atom stereocenters. The zero-order valence-corrected chi connectivity index (χ0v) is 15.9. The molecule has 1 fully saturated rings. The van der Waals surface area contributed by atoms with Gasteiger partial charge in [-0.3, -0.25) is 14.4 Å². The summed E-state index contributed by atoms with van der Waals surface area (Å²) in [5.74, 6) is 0.334. The Kier molecular flexibility index (Phi) is 5.73. The van der Waals surface area contributed by atoms with E-state index >= 15 is 0 Å². The highest BCUT2D eigenvalue weighted by molar-refractivity contribution is 7.74. The van der Waals surface area contributed by atoms with Crippen molar-refractivity contribution in [3.05, 3.63) is 52.5 Å². The largest absolute Gasteiger partial charge is 0.457 e. The summed E-state index contributed by atoms with van der Waals surface area (Å²) in [6.07, 6.45) is 0. The minimum Gasteiger partial charge on any atom is -0.457 e. The number of ether oxygens (including phenoxy) is 1. The van der Waals surface area contributed by atoms with Crippen LogP contribution in [0.5, 0.6) is 11.5 Å². The number of carbonyl (C=O) groups is 2. The van der Waals surface area contributed by atoms with Crippen LogP contribution in [0.2, 0.25) is 10.0 Å². The topological polar surface area (TPSA) is 105 Å². The Hall–Kier alpha value is -2.49. The molecule has 0 bridgehead atoms. The number of nitrogens with zero attached hydrogens (tertiary/aromatic N) is 1. The molecular weight excluding hydrogens is 417 g/mol. The van der Waals surface area contributed by atoms with Gasteiger partial charge in [0.1, 0.15) is 17.5 Å². The second-order valence-corrected chi connectivity index (χ2v) is 7.28. The Morgan fingerprint density at radius 2 is 1.67 bits per heavy atom. The highest BCUT2D eigenvalue weighted by atomic mass is 35.5. The van der Waals surface area contributed by atoms with Crippen molar-refractivity contribution in [2.75, 3.05) is 10.8 Å². The summed E-state index contributed by atoms with van der Waals surface area (Å²) in [6.45, 7) is -0.219. The lowest BCUT2D eigenvalue weighted by Gasteiger charge is -2.20. The van der Waals surface area contributed by atoms with E-state index < -0.39 is 28.9 Å². The van der Waals surface area contributed by atoms with Crippen LogP contribution in [0.25, 0.3) is 0 Å². The number of hydrogen-bond acceptors (Lipinski definition) is 5. The first-order chi connectivity index (χ1) is 12.8. The molecule has 1 aliphatic heterocycles. The second kappa shape index (κ2) is 8.03. The molecule has 3 rings (SSSR count). The quantitative estimate of drug-likeness (QED) is 0.482. The number of imide groups is 1. The molecule has 27 heavy (non-hydrogen) atoms. The Labute approximate surface area is 166 Å². The first-order valence-electron chi connectivity index (χ1n) is 7.59. The molecule has 0 spiro atoms. The van der Waals surface area contributed by atoms with Gasteiger partial charge in [-0.1, -0.05) is 23.2 Å². The molecule has 2 aromatic rings. The Bertz CT molecular complexity index is 957. The van der Waals surface area contributed by atoms with Crippen LogP contribution in [0.15, 0.2) is 42.5 Å². The van der Waals surface area contributed by atoms with E-state index in [9.17, 15) is 18.0 Å². The van der Waals surface area contributed by atoms with Crippen LogP contribution in [0.4, 0.5) is 10.5 Å². The zero-order valence-electron chi connectivity index (χ0n) is 13.5. The van der Waals surface area contributed by atoms with E-state index in [1.807, 2.05) is 0 Å². The van der Waals surface area contributed by atoms with Gasteiger partial charge in [0.05, 0.1) is 22.3 Å². The molecule has 1 aliphatic rings. The van der Waals surface area contributed by atoms with Crippen molar-refractivity contribution < 1.29 is 22.7 Å². The molecule has 0 unspecified atom stereocenters. The molecule has 142 valence electrons. The SMILES string of the molecule is O=C1NC(=O)[C@H](CN(c2ccc(Oc3ccc(Cl)c(Cl)c3)cc2)[SH](=O)=O)N1. The van der Waals surface area contributed by atoms with Crippen molar-refractivity contribution in [1.82, 2.24) is 10.6 Å². The van der Waals surface area contributed by atoms with Gasteiger partial charge in [-0.15, -0.1) is 0 Å². The van der Waals surface area contributed by atoms with Crippen molar-refractivity contribution in [3.63, 3.8) is 0 Å². The summed E-state index contributed by atoms with van der Waals surface area (Å²) in [4.78, 5) is 22.8. The Morgan fingerprint density at radius 1 is 1.00 bits per heavy atom. The summed E-state index contributed by atoms with van der Waals surface area (Å²) in [5.41, 5.74) is 0.321. The van der Waals surface area contributed by atoms with E-state index in [2.05, 4.69) is 10.6 Å². The van der Waals surface area contributed by atoms with Gasteiger partial charge in [-0.05, 0) is 36.4 Å². The van der Waals surface area contributed by atoms with Crippen molar-refractivity contribution in [2.45, 2.75) is 6.04 Å². The number of nitrogens with one attached hydrogen (secondary N) is 2. The number of benzene rings is 2. The molecule has 0 aliphatic carbocycles. The molecule has 2 N–H and O–H groups in total. The Balaban J connectivity index is 1.74. The highest BCUT2D eigenvalue weighted by Crippen LogP contribution is 2.30. The maximum absolute atomic E-state index is 11.6. The molecule has 0 aromatic heterocycles. The number of halogens is 2.